The number of nitrogens with two attached hydrogens (primary N) is 1. The van der Waals surface area contributed by atoms with E-state index in [1.54, 1.807) is 42.6 Å². The van der Waals surface area contributed by atoms with Crippen LogP contribution in [-0.2, 0) is 4.74 Å². The van der Waals surface area contributed by atoms with Crippen LogP contribution in [0.5, 0.6) is 5.88 Å². The first-order valence-electron chi connectivity index (χ1n) is 11.3. The summed E-state index contributed by atoms with van der Waals surface area (Å²) in [5.74, 6) is 0.147. The van der Waals surface area contributed by atoms with Gasteiger partial charge in [-0.05, 0) is 31.2 Å². The van der Waals surface area contributed by atoms with Crippen LogP contribution in [0, 0.1) is 0 Å². The summed E-state index contributed by atoms with van der Waals surface area (Å²) in [5.41, 5.74) is 8.43. The lowest BCUT2D eigenvalue weighted by atomic mass is 10.1. The Bertz CT molecular complexity index is 1170. The van der Waals surface area contributed by atoms with E-state index in [0.717, 1.165) is 32.8 Å². The highest BCUT2D eigenvalue weighted by molar-refractivity contribution is 6.36. The van der Waals surface area contributed by atoms with Gasteiger partial charge in [-0.2, -0.15) is 0 Å². The number of aromatic nitrogens is 2. The van der Waals surface area contributed by atoms with E-state index in [0.29, 0.717) is 39.0 Å². The molecule has 1 atom stereocenters. The molecule has 0 saturated carbocycles. The molecule has 8 nitrogen and oxygen atoms in total. The zero-order valence-corrected chi connectivity index (χ0v) is 20.9. The average molecular weight is 516 g/mol. The van der Waals surface area contributed by atoms with Crippen LogP contribution in [0.25, 0.3) is 11.3 Å². The standard InChI is InChI=1S/C25H27Cl2N5O3/c1-16(22-19(26)6-3-7-20(22)27)35-25-23(28)30-15-21(31-25)17-4-2-5-18(14-17)24(33)29-8-9-32-10-12-34-13-11-32/h2-7,14-16H,8-13H2,1H3,(H2,28,30)(H,29,33). The van der Waals surface area contributed by atoms with Gasteiger partial charge in [-0.15, -0.1) is 0 Å². The highest BCUT2D eigenvalue weighted by Crippen LogP contribution is 2.34. The molecule has 3 N–H and O–H groups in total. The van der Waals surface area contributed by atoms with Crippen LogP contribution in [0.2, 0.25) is 10.0 Å². The summed E-state index contributed by atoms with van der Waals surface area (Å²) in [5, 5.41) is 3.95. The van der Waals surface area contributed by atoms with Crippen molar-refractivity contribution in [2.75, 3.05) is 45.1 Å². The van der Waals surface area contributed by atoms with Crippen LogP contribution >= 0.6 is 23.2 Å². The van der Waals surface area contributed by atoms with Crippen molar-refractivity contribution < 1.29 is 14.3 Å². The van der Waals surface area contributed by atoms with Gasteiger partial charge in [-0.25, -0.2) is 9.97 Å². The second-order valence-corrected chi connectivity index (χ2v) is 8.95. The largest absolute Gasteiger partial charge is 0.467 e. The Kier molecular flexibility index (Phi) is 8.41. The summed E-state index contributed by atoms with van der Waals surface area (Å²) < 4.78 is 11.3. The molecule has 1 amide bonds. The van der Waals surface area contributed by atoms with Gasteiger partial charge in [0.25, 0.3) is 11.8 Å². The van der Waals surface area contributed by atoms with Gasteiger partial charge in [0.15, 0.2) is 5.82 Å². The van der Waals surface area contributed by atoms with Crippen molar-refractivity contribution in [2.24, 2.45) is 0 Å². The summed E-state index contributed by atoms with van der Waals surface area (Å²) in [6.45, 7) is 6.38. The number of anilines is 1. The van der Waals surface area contributed by atoms with E-state index in [-0.39, 0.29) is 17.6 Å². The first kappa shape index (κ1) is 25.2. The van der Waals surface area contributed by atoms with Crippen molar-refractivity contribution >= 4 is 34.9 Å². The minimum absolute atomic E-state index is 0.140. The van der Waals surface area contributed by atoms with E-state index >= 15 is 0 Å². The molecule has 2 heterocycles. The topological polar surface area (TPSA) is 103 Å². The quantitative estimate of drug-likeness (QED) is 0.462. The second-order valence-electron chi connectivity index (χ2n) is 8.13. The lowest BCUT2D eigenvalue weighted by Gasteiger charge is -2.26. The molecule has 0 radical (unpaired) electrons. The number of hydrogen-bond acceptors (Lipinski definition) is 7. The van der Waals surface area contributed by atoms with Crippen molar-refractivity contribution in [2.45, 2.75) is 13.0 Å². The molecule has 1 fully saturated rings. The summed E-state index contributed by atoms with van der Waals surface area (Å²) in [7, 11) is 0. The fraction of sp³-hybridized carbons (Fsp3) is 0.320. The van der Waals surface area contributed by atoms with Gasteiger partial charge in [0.1, 0.15) is 6.10 Å². The summed E-state index contributed by atoms with van der Waals surface area (Å²) in [6, 6.07) is 12.4. The molecule has 1 aromatic heterocycles. The number of halogens is 2. The van der Waals surface area contributed by atoms with Crippen molar-refractivity contribution in [1.29, 1.82) is 0 Å². The zero-order valence-electron chi connectivity index (χ0n) is 19.3. The van der Waals surface area contributed by atoms with Gasteiger partial charge in [0, 0.05) is 52.9 Å². The molecule has 4 rings (SSSR count). The highest BCUT2D eigenvalue weighted by Gasteiger charge is 2.19. The number of rotatable bonds is 8. The molecular weight excluding hydrogens is 489 g/mol. The first-order valence-corrected chi connectivity index (χ1v) is 12.1. The predicted octanol–water partition coefficient (Wildman–Crippen LogP) is 4.23. The number of benzene rings is 2. The Labute approximate surface area is 214 Å². The van der Waals surface area contributed by atoms with Gasteiger partial charge in [0.05, 0.1) is 25.1 Å². The molecule has 2 aromatic carbocycles. The molecule has 3 aromatic rings. The number of ether oxygens (including phenoxy) is 2. The molecule has 0 bridgehead atoms. The third kappa shape index (κ3) is 6.41. The van der Waals surface area contributed by atoms with E-state index in [2.05, 4.69) is 20.2 Å². The van der Waals surface area contributed by atoms with E-state index < -0.39 is 6.10 Å². The number of carbonyl (C=O) groups is 1. The first-order chi connectivity index (χ1) is 16.9. The fourth-order valence-electron chi connectivity index (χ4n) is 3.81. The van der Waals surface area contributed by atoms with Crippen LogP contribution in [0.15, 0.2) is 48.7 Å². The number of nitrogens with zero attached hydrogens (tertiary/aromatic N) is 3. The zero-order chi connectivity index (χ0) is 24.8. The lowest BCUT2D eigenvalue weighted by molar-refractivity contribution is 0.0383. The van der Waals surface area contributed by atoms with E-state index in [9.17, 15) is 4.79 Å². The van der Waals surface area contributed by atoms with Crippen molar-refractivity contribution in [3.63, 3.8) is 0 Å². The van der Waals surface area contributed by atoms with Gasteiger partial charge < -0.3 is 20.5 Å². The third-order valence-electron chi connectivity index (χ3n) is 5.70. The second kappa shape index (κ2) is 11.7. The maximum absolute atomic E-state index is 12.7. The van der Waals surface area contributed by atoms with Crippen molar-refractivity contribution in [3.8, 4) is 17.1 Å². The maximum atomic E-state index is 12.7. The van der Waals surface area contributed by atoms with Crippen LogP contribution < -0.4 is 15.8 Å². The Hall–Kier alpha value is -2.91. The molecule has 0 spiro atoms. The molecular formula is C25H27Cl2N5O3. The molecule has 0 aliphatic carbocycles. The fourth-order valence-corrected chi connectivity index (χ4v) is 4.51. The van der Waals surface area contributed by atoms with Gasteiger partial charge in [0.2, 0.25) is 0 Å². The monoisotopic (exact) mass is 515 g/mol. The van der Waals surface area contributed by atoms with Crippen LogP contribution in [0.3, 0.4) is 0 Å². The third-order valence-corrected chi connectivity index (χ3v) is 6.36. The summed E-state index contributed by atoms with van der Waals surface area (Å²) in [6.07, 6.45) is 1.04. The Morgan fingerprint density at radius 1 is 1.20 bits per heavy atom. The Balaban J connectivity index is 1.46. The molecule has 184 valence electrons. The number of nitrogens with one attached hydrogen (secondary N) is 1. The summed E-state index contributed by atoms with van der Waals surface area (Å²) in [4.78, 5) is 23.7. The summed E-state index contributed by atoms with van der Waals surface area (Å²) >= 11 is 12.6. The number of carbonyl (C=O) groups excluding carboxylic acids is 1. The molecule has 10 heteroatoms. The van der Waals surface area contributed by atoms with E-state index in [4.69, 9.17) is 38.4 Å². The van der Waals surface area contributed by atoms with E-state index in [1.165, 1.54) is 0 Å². The normalized spacial score (nSPS) is 14.9. The number of nitrogen functional groups attached to an aromatic ring is 1. The van der Waals surface area contributed by atoms with Gasteiger partial charge in [-0.1, -0.05) is 41.4 Å². The van der Waals surface area contributed by atoms with E-state index in [1.807, 2.05) is 13.0 Å². The number of amides is 1. The smallest absolute Gasteiger partial charge is 0.258 e. The molecule has 35 heavy (non-hydrogen) atoms. The molecule has 1 saturated heterocycles. The molecule has 1 aliphatic heterocycles. The highest BCUT2D eigenvalue weighted by atomic mass is 35.5. The number of morpholine rings is 1. The minimum Gasteiger partial charge on any atom is -0.467 e. The minimum atomic E-state index is -0.508. The number of hydrogen-bond donors (Lipinski definition) is 2. The van der Waals surface area contributed by atoms with Crippen LogP contribution in [0.1, 0.15) is 28.9 Å². The Morgan fingerprint density at radius 3 is 2.66 bits per heavy atom. The van der Waals surface area contributed by atoms with Gasteiger partial charge >= 0.3 is 0 Å². The van der Waals surface area contributed by atoms with Crippen LogP contribution in [-0.4, -0.2) is 60.2 Å². The van der Waals surface area contributed by atoms with Crippen molar-refractivity contribution in [3.05, 3.63) is 69.8 Å². The molecule has 1 unspecified atom stereocenters. The predicted molar refractivity (Wildman–Crippen MR) is 137 cm³/mol. The Morgan fingerprint density at radius 2 is 1.91 bits per heavy atom. The van der Waals surface area contributed by atoms with Crippen molar-refractivity contribution in [1.82, 2.24) is 20.2 Å². The van der Waals surface area contributed by atoms with Gasteiger partial charge in [-0.3, -0.25) is 9.69 Å². The lowest BCUT2D eigenvalue weighted by Crippen LogP contribution is -2.41. The maximum Gasteiger partial charge on any atom is 0.258 e. The van der Waals surface area contributed by atoms with Crippen LogP contribution in [0.4, 0.5) is 5.82 Å². The molecule has 1 aliphatic rings. The SMILES string of the molecule is CC(Oc1nc(-c2cccc(C(=O)NCCN3CCOCC3)c2)cnc1N)c1c(Cl)cccc1Cl. The average Bonchev–Trinajstić information content (AvgIpc) is 2.86.